The molecular formula is C7H6O4S. The second-order valence-electron chi connectivity index (χ2n) is 2.17. The van der Waals surface area contributed by atoms with Crippen molar-refractivity contribution in [2.75, 3.05) is 0 Å². The molecule has 1 aromatic rings. The fourth-order valence-corrected chi connectivity index (χ4v) is 1.75. The van der Waals surface area contributed by atoms with Crippen LogP contribution in [-0.2, 0) is 0 Å². The summed E-state index contributed by atoms with van der Waals surface area (Å²) in [6.45, 7) is 1.54. The lowest BCUT2D eigenvalue weighted by molar-refractivity contribution is 0.0694. The van der Waals surface area contributed by atoms with E-state index in [1.54, 1.807) is 6.92 Å². The summed E-state index contributed by atoms with van der Waals surface area (Å²) in [4.78, 5) is 21.3. The van der Waals surface area contributed by atoms with E-state index in [0.29, 0.717) is 11.2 Å². The van der Waals surface area contributed by atoms with E-state index in [2.05, 4.69) is 0 Å². The number of aryl methyl sites for hydroxylation is 1. The molecule has 0 fully saturated rings. The summed E-state index contributed by atoms with van der Waals surface area (Å²) in [7, 11) is 0. The van der Waals surface area contributed by atoms with Crippen molar-refractivity contribution in [3.8, 4) is 5.75 Å². The van der Waals surface area contributed by atoms with Gasteiger partial charge in [0.25, 0.3) is 0 Å². The predicted molar refractivity (Wildman–Crippen MR) is 43.1 cm³/mol. The smallest absolute Gasteiger partial charge is 0.340 e. The van der Waals surface area contributed by atoms with E-state index in [-0.39, 0.29) is 10.4 Å². The highest BCUT2D eigenvalue weighted by atomic mass is 32.1. The summed E-state index contributed by atoms with van der Waals surface area (Å²) in [6.07, 6.45) is 0.444. The molecule has 0 bridgehead atoms. The maximum absolute atomic E-state index is 10.5. The number of hydrogen-bond acceptors (Lipinski definition) is 4. The molecule has 12 heavy (non-hydrogen) atoms. The van der Waals surface area contributed by atoms with Gasteiger partial charge in [-0.3, -0.25) is 4.79 Å². The molecule has 0 aliphatic carbocycles. The van der Waals surface area contributed by atoms with Gasteiger partial charge in [-0.1, -0.05) is 0 Å². The van der Waals surface area contributed by atoms with E-state index < -0.39 is 11.7 Å². The van der Waals surface area contributed by atoms with Crippen LogP contribution in [0, 0.1) is 6.92 Å². The van der Waals surface area contributed by atoms with Gasteiger partial charge in [0.15, 0.2) is 12.0 Å². The Hall–Kier alpha value is -1.36. The minimum absolute atomic E-state index is 0.0601. The van der Waals surface area contributed by atoms with Crippen LogP contribution in [0.15, 0.2) is 0 Å². The highest BCUT2D eigenvalue weighted by molar-refractivity contribution is 7.14. The molecule has 1 rings (SSSR count). The Kier molecular flexibility index (Phi) is 2.14. The number of carbonyl (C=O) groups is 2. The SMILES string of the molecule is Cc1sc(C=O)c(O)c1C(=O)O. The van der Waals surface area contributed by atoms with Gasteiger partial charge in [-0.05, 0) is 6.92 Å². The van der Waals surface area contributed by atoms with Crippen molar-refractivity contribution in [3.05, 3.63) is 15.3 Å². The average molecular weight is 186 g/mol. The van der Waals surface area contributed by atoms with Crippen molar-refractivity contribution in [1.29, 1.82) is 0 Å². The van der Waals surface area contributed by atoms with Crippen LogP contribution in [0.1, 0.15) is 24.9 Å². The monoisotopic (exact) mass is 186 g/mol. The van der Waals surface area contributed by atoms with Gasteiger partial charge >= 0.3 is 5.97 Å². The summed E-state index contributed by atoms with van der Waals surface area (Å²) in [5.74, 6) is -1.64. The van der Waals surface area contributed by atoms with Gasteiger partial charge in [0.1, 0.15) is 10.4 Å². The number of aldehydes is 1. The number of carbonyl (C=O) groups excluding carboxylic acids is 1. The maximum Gasteiger partial charge on any atom is 0.340 e. The van der Waals surface area contributed by atoms with Gasteiger partial charge in [-0.2, -0.15) is 0 Å². The summed E-state index contributed by atoms with van der Waals surface area (Å²) < 4.78 is 0. The Labute approximate surface area is 72.1 Å². The van der Waals surface area contributed by atoms with E-state index in [9.17, 15) is 14.7 Å². The van der Waals surface area contributed by atoms with Crippen LogP contribution in [-0.4, -0.2) is 22.5 Å². The zero-order valence-corrected chi connectivity index (χ0v) is 7.01. The molecule has 1 aromatic heterocycles. The normalized spacial score (nSPS) is 9.75. The molecule has 0 aliphatic rings. The summed E-state index contributed by atoms with van der Waals surface area (Å²) in [5.41, 5.74) is -0.179. The summed E-state index contributed by atoms with van der Waals surface area (Å²) in [5, 5.41) is 17.8. The zero-order valence-electron chi connectivity index (χ0n) is 6.20. The second kappa shape index (κ2) is 2.94. The lowest BCUT2D eigenvalue weighted by atomic mass is 10.2. The first-order chi connectivity index (χ1) is 5.57. The van der Waals surface area contributed by atoms with E-state index in [1.807, 2.05) is 0 Å². The van der Waals surface area contributed by atoms with Crippen molar-refractivity contribution in [2.24, 2.45) is 0 Å². The number of aromatic hydroxyl groups is 1. The number of aromatic carboxylic acids is 1. The Morgan fingerprint density at radius 1 is 1.58 bits per heavy atom. The number of hydrogen-bond donors (Lipinski definition) is 2. The molecule has 4 nitrogen and oxygen atoms in total. The fourth-order valence-electron chi connectivity index (χ4n) is 0.886. The van der Waals surface area contributed by atoms with Gasteiger partial charge < -0.3 is 10.2 Å². The first kappa shape index (κ1) is 8.73. The van der Waals surface area contributed by atoms with Crippen LogP contribution < -0.4 is 0 Å². The van der Waals surface area contributed by atoms with Crippen LogP contribution in [0.5, 0.6) is 5.75 Å². The van der Waals surface area contributed by atoms with E-state index in [4.69, 9.17) is 5.11 Å². The van der Waals surface area contributed by atoms with Gasteiger partial charge in [0.05, 0.1) is 0 Å². The first-order valence-electron chi connectivity index (χ1n) is 3.08. The Bertz CT molecular complexity index is 339. The zero-order chi connectivity index (χ0) is 9.30. The Morgan fingerprint density at radius 2 is 2.17 bits per heavy atom. The maximum atomic E-state index is 10.5. The van der Waals surface area contributed by atoms with E-state index in [1.165, 1.54) is 0 Å². The molecule has 0 amide bonds. The Balaban J connectivity index is 3.37. The van der Waals surface area contributed by atoms with Crippen molar-refractivity contribution in [1.82, 2.24) is 0 Å². The highest BCUT2D eigenvalue weighted by Gasteiger charge is 2.19. The van der Waals surface area contributed by atoms with Crippen LogP contribution in [0.3, 0.4) is 0 Å². The van der Waals surface area contributed by atoms with Gasteiger partial charge in [-0.25, -0.2) is 4.79 Å². The minimum Gasteiger partial charge on any atom is -0.505 e. The molecule has 0 spiro atoms. The molecule has 0 saturated carbocycles. The molecule has 0 atom stereocenters. The Morgan fingerprint density at radius 3 is 2.42 bits per heavy atom. The highest BCUT2D eigenvalue weighted by Crippen LogP contribution is 2.32. The molecule has 1 heterocycles. The standard InChI is InChI=1S/C7H6O4S/c1-3-5(7(10)11)6(9)4(2-8)12-3/h2,9H,1H3,(H,10,11). The van der Waals surface area contributed by atoms with Gasteiger partial charge in [-0.15, -0.1) is 11.3 Å². The number of carboxylic acids is 1. The third kappa shape index (κ3) is 1.18. The summed E-state index contributed by atoms with van der Waals surface area (Å²) in [6, 6.07) is 0. The van der Waals surface area contributed by atoms with Crippen LogP contribution in [0.2, 0.25) is 0 Å². The van der Waals surface area contributed by atoms with Gasteiger partial charge in [0, 0.05) is 4.88 Å². The number of rotatable bonds is 2. The molecule has 64 valence electrons. The van der Waals surface area contributed by atoms with Gasteiger partial charge in [0.2, 0.25) is 0 Å². The molecule has 0 aliphatic heterocycles. The molecule has 2 N–H and O–H groups in total. The van der Waals surface area contributed by atoms with Crippen molar-refractivity contribution in [2.45, 2.75) is 6.92 Å². The molecule has 5 heteroatoms. The third-order valence-corrected chi connectivity index (χ3v) is 2.43. The first-order valence-corrected chi connectivity index (χ1v) is 3.90. The number of carboxylic acid groups (broad SMARTS) is 1. The average Bonchev–Trinajstić information content (AvgIpc) is 2.25. The molecular weight excluding hydrogens is 180 g/mol. The third-order valence-electron chi connectivity index (χ3n) is 1.41. The van der Waals surface area contributed by atoms with Crippen molar-refractivity contribution < 1.29 is 19.8 Å². The molecule has 0 aromatic carbocycles. The minimum atomic E-state index is -1.21. The van der Waals surface area contributed by atoms with Crippen LogP contribution in [0.4, 0.5) is 0 Å². The predicted octanol–water partition coefficient (Wildman–Crippen LogP) is 1.27. The van der Waals surface area contributed by atoms with E-state index in [0.717, 1.165) is 11.3 Å². The lowest BCUT2D eigenvalue weighted by Crippen LogP contribution is -1.96. The van der Waals surface area contributed by atoms with E-state index >= 15 is 0 Å². The molecule has 0 saturated heterocycles. The molecule has 0 unspecified atom stereocenters. The van der Waals surface area contributed by atoms with Crippen LogP contribution >= 0.6 is 11.3 Å². The van der Waals surface area contributed by atoms with Crippen LogP contribution in [0.25, 0.3) is 0 Å². The largest absolute Gasteiger partial charge is 0.505 e. The number of thiophene rings is 1. The fraction of sp³-hybridized carbons (Fsp3) is 0.143. The summed E-state index contributed by atoms with van der Waals surface area (Å²) >= 11 is 0.970. The topological polar surface area (TPSA) is 74.6 Å². The van der Waals surface area contributed by atoms with Crippen molar-refractivity contribution in [3.63, 3.8) is 0 Å². The quantitative estimate of drug-likeness (QED) is 0.682. The van der Waals surface area contributed by atoms with Crippen molar-refractivity contribution >= 4 is 23.6 Å². The molecule has 0 radical (unpaired) electrons. The second-order valence-corrected chi connectivity index (χ2v) is 3.43. The lowest BCUT2D eigenvalue weighted by Gasteiger charge is -1.91.